The Morgan fingerprint density at radius 3 is 0.850 bits per heavy atom. The minimum atomic E-state index is -4.40. The van der Waals surface area contributed by atoms with Crippen molar-refractivity contribution in [3.05, 3.63) is 109 Å². The van der Waals surface area contributed by atoms with Gasteiger partial charge in [-0.25, -0.2) is 4.57 Å². The molecule has 0 aromatic heterocycles. The molecule has 580 valence electrons. The van der Waals surface area contributed by atoms with Crippen LogP contribution in [-0.2, 0) is 32.7 Å². The second-order valence-electron chi connectivity index (χ2n) is 29.8. The molecule has 2 unspecified atom stereocenters. The summed E-state index contributed by atoms with van der Waals surface area (Å²) in [6.07, 6.45) is 114. The van der Waals surface area contributed by atoms with Crippen LogP contribution >= 0.6 is 7.82 Å². The average Bonchev–Trinajstić information content (AvgIpc) is 1.07. The van der Waals surface area contributed by atoms with Crippen LogP contribution in [0.3, 0.4) is 0 Å². The molecule has 0 aromatic rings. The maximum absolute atomic E-state index is 12.9. The molecule has 0 aromatic carbocycles. The number of carbonyl (C=O) groups is 2. The summed E-state index contributed by atoms with van der Waals surface area (Å²) >= 11 is 0. The van der Waals surface area contributed by atoms with E-state index in [1.807, 2.05) is 21.1 Å². The number of quaternary nitrogens is 1. The second kappa shape index (κ2) is 79.8. The molecule has 0 saturated carbocycles. The van der Waals surface area contributed by atoms with E-state index in [1.165, 1.54) is 283 Å². The van der Waals surface area contributed by atoms with Crippen molar-refractivity contribution in [1.29, 1.82) is 0 Å². The van der Waals surface area contributed by atoms with Gasteiger partial charge in [0.25, 0.3) is 0 Å². The molecule has 0 amide bonds. The minimum absolute atomic E-state index is 0.0313. The highest BCUT2D eigenvalue weighted by Gasteiger charge is 2.27. The normalized spacial score (nSPS) is 13.5. The molecule has 9 nitrogen and oxygen atoms in total. The predicted molar refractivity (Wildman–Crippen MR) is 436 cm³/mol. The van der Waals surface area contributed by atoms with Gasteiger partial charge in [0.1, 0.15) is 19.8 Å². The Balaban J connectivity index is 3.92. The summed E-state index contributed by atoms with van der Waals surface area (Å²) in [6, 6.07) is 0. The summed E-state index contributed by atoms with van der Waals surface area (Å²) < 4.78 is 34.9. The van der Waals surface area contributed by atoms with Crippen LogP contribution in [0.5, 0.6) is 0 Å². The summed E-state index contributed by atoms with van der Waals surface area (Å²) in [6.45, 7) is 4.36. The second-order valence-corrected chi connectivity index (χ2v) is 31.3. The van der Waals surface area contributed by atoms with Crippen molar-refractivity contribution >= 4 is 19.8 Å². The van der Waals surface area contributed by atoms with Crippen LogP contribution in [0.4, 0.5) is 0 Å². The zero-order valence-electron chi connectivity index (χ0n) is 66.4. The van der Waals surface area contributed by atoms with Crippen LogP contribution in [0.1, 0.15) is 399 Å². The first-order valence-electron chi connectivity index (χ1n) is 42.6. The number of phosphoric ester groups is 1. The van der Waals surface area contributed by atoms with Crippen LogP contribution in [0.2, 0.25) is 0 Å². The first-order chi connectivity index (χ1) is 49.0. The molecule has 0 fully saturated rings. The lowest BCUT2D eigenvalue weighted by Crippen LogP contribution is -2.37. The Morgan fingerprint density at radius 2 is 0.570 bits per heavy atom. The molecular weight excluding hydrogens is 1250 g/mol. The summed E-state index contributed by atoms with van der Waals surface area (Å²) in [4.78, 5) is 36.0. The Kier molecular flexibility index (Phi) is 77.1. The SMILES string of the molecule is CC/C=C\C/C=C\C/C=C\C/C=C\C/C=C\C/C=C\C/C=C\CCCCCCCCCCCCCCCCCCCC(=O)OC(COC(=O)CCCCCCCCCCCCCCCCCCCCCCCCCCC/C=C\C/C=C\CCCCCCC)COP(=O)(O)OCC[N+](C)(C)C. The highest BCUT2D eigenvalue weighted by atomic mass is 31.2. The number of hydrogen-bond acceptors (Lipinski definition) is 7. The Labute approximate surface area is 620 Å². The van der Waals surface area contributed by atoms with Gasteiger partial charge < -0.3 is 18.9 Å². The molecule has 0 heterocycles. The first kappa shape index (κ1) is 96.7. The number of esters is 2. The van der Waals surface area contributed by atoms with Gasteiger partial charge in [-0.15, -0.1) is 0 Å². The van der Waals surface area contributed by atoms with Crippen molar-refractivity contribution in [2.24, 2.45) is 0 Å². The third kappa shape index (κ3) is 83.6. The number of phosphoric acid groups is 1. The maximum Gasteiger partial charge on any atom is 0.472 e. The highest BCUT2D eigenvalue weighted by Crippen LogP contribution is 2.43. The molecule has 10 heteroatoms. The lowest BCUT2D eigenvalue weighted by atomic mass is 10.0. The molecule has 0 saturated heterocycles. The smallest absolute Gasteiger partial charge is 0.462 e. The number of hydrogen-bond donors (Lipinski definition) is 1. The van der Waals surface area contributed by atoms with Crippen molar-refractivity contribution in [3.63, 3.8) is 0 Å². The molecule has 0 spiro atoms. The number of unbranched alkanes of at least 4 members (excludes halogenated alkanes) is 47. The van der Waals surface area contributed by atoms with Gasteiger partial charge in [-0.05, 0) is 103 Å². The first-order valence-corrected chi connectivity index (χ1v) is 44.1. The van der Waals surface area contributed by atoms with Gasteiger partial charge in [-0.2, -0.15) is 0 Å². The number of carbonyl (C=O) groups excluding carboxylic acids is 2. The van der Waals surface area contributed by atoms with Gasteiger partial charge in [0.2, 0.25) is 0 Å². The largest absolute Gasteiger partial charge is 0.472 e. The molecule has 2 atom stereocenters. The van der Waals surface area contributed by atoms with Gasteiger partial charge in [-0.1, -0.05) is 393 Å². The van der Waals surface area contributed by atoms with Crippen LogP contribution in [0.15, 0.2) is 109 Å². The number of rotatable bonds is 79. The molecule has 100 heavy (non-hydrogen) atoms. The van der Waals surface area contributed by atoms with E-state index in [4.69, 9.17) is 18.5 Å². The van der Waals surface area contributed by atoms with Crippen LogP contribution in [-0.4, -0.2) is 74.9 Å². The number of ether oxygens (including phenoxy) is 2. The molecule has 0 radical (unpaired) electrons. The maximum atomic E-state index is 12.9. The van der Waals surface area contributed by atoms with E-state index < -0.39 is 26.5 Å². The molecule has 0 aliphatic heterocycles. The van der Waals surface area contributed by atoms with Crippen LogP contribution in [0, 0.1) is 0 Å². The predicted octanol–water partition coefficient (Wildman–Crippen LogP) is 28.7. The van der Waals surface area contributed by atoms with Crippen molar-refractivity contribution in [3.8, 4) is 0 Å². The van der Waals surface area contributed by atoms with Gasteiger partial charge in [0.15, 0.2) is 6.10 Å². The van der Waals surface area contributed by atoms with E-state index in [9.17, 15) is 19.0 Å². The average molecular weight is 1420 g/mol. The van der Waals surface area contributed by atoms with Crippen molar-refractivity contribution in [2.45, 2.75) is 405 Å². The lowest BCUT2D eigenvalue weighted by Gasteiger charge is -2.24. The number of nitrogens with zero attached hydrogens (tertiary/aromatic N) is 1. The van der Waals surface area contributed by atoms with E-state index in [0.717, 1.165) is 83.5 Å². The Morgan fingerprint density at radius 1 is 0.320 bits per heavy atom. The van der Waals surface area contributed by atoms with Crippen molar-refractivity contribution < 1.29 is 42.1 Å². The molecule has 0 bridgehead atoms. The van der Waals surface area contributed by atoms with E-state index in [-0.39, 0.29) is 25.6 Å². The number of likely N-dealkylation sites (N-methyl/N-ethyl adjacent to an activating group) is 1. The van der Waals surface area contributed by atoms with Gasteiger partial charge in [-0.3, -0.25) is 18.6 Å². The van der Waals surface area contributed by atoms with Gasteiger partial charge in [0.05, 0.1) is 27.7 Å². The summed E-state index contributed by atoms with van der Waals surface area (Å²) in [7, 11) is 1.49. The zero-order chi connectivity index (χ0) is 72.5. The molecular formula is C90H163NO8P+. The van der Waals surface area contributed by atoms with Crippen LogP contribution in [0.25, 0.3) is 0 Å². The quantitative estimate of drug-likeness (QED) is 0.0211. The van der Waals surface area contributed by atoms with E-state index in [1.54, 1.807) is 0 Å². The summed E-state index contributed by atoms with van der Waals surface area (Å²) in [5, 5.41) is 0. The molecule has 0 rings (SSSR count). The van der Waals surface area contributed by atoms with E-state index >= 15 is 0 Å². The lowest BCUT2D eigenvalue weighted by molar-refractivity contribution is -0.870. The monoisotopic (exact) mass is 1420 g/mol. The number of allylic oxidation sites excluding steroid dienone is 18. The van der Waals surface area contributed by atoms with Crippen LogP contribution < -0.4 is 0 Å². The fourth-order valence-electron chi connectivity index (χ4n) is 12.3. The molecule has 0 aliphatic rings. The minimum Gasteiger partial charge on any atom is -0.462 e. The summed E-state index contributed by atoms with van der Waals surface area (Å²) in [5.74, 6) is -0.780. The van der Waals surface area contributed by atoms with Gasteiger partial charge >= 0.3 is 19.8 Å². The zero-order valence-corrected chi connectivity index (χ0v) is 67.3. The van der Waals surface area contributed by atoms with E-state index in [0.29, 0.717) is 23.9 Å². The summed E-state index contributed by atoms with van der Waals surface area (Å²) in [5.41, 5.74) is 0. The van der Waals surface area contributed by atoms with E-state index in [2.05, 4.69) is 123 Å². The Hall–Kier alpha value is -3.33. The topological polar surface area (TPSA) is 108 Å². The third-order valence-corrected chi connectivity index (χ3v) is 19.8. The molecule has 0 aliphatic carbocycles. The standard InChI is InChI=1S/C90H162NO8P/c1-6-8-10-12-14-16-18-20-22-24-26-28-30-32-34-36-38-40-42-44-45-47-49-51-53-55-57-59-61-63-65-67-69-71-73-75-77-79-81-83-90(93)99-88(87-98-100(94,95)97-85-84-91(3,4)5)86-96-89(92)82-80-78-76-74-72-70-68-66-64-62-60-58-56-54-52-50-48-46-43-41-39-37-35-33-31-29-27-25-23-21-19-17-15-13-11-9-7-2/h8,10,14,16,19-22,25-28,32,34,38,40,44-45,88H,6-7,9,11-13,15,17-18,23-24,29-31,33,35-37,39,41-43,46-87H2,1-5H3/p+1/b10-8-,16-14-,21-19-,22-20-,27-25-,28-26-,34-32-,40-38-,45-44-. The molecule has 1 N–H and O–H groups in total. The third-order valence-electron chi connectivity index (χ3n) is 18.8. The van der Waals surface area contributed by atoms with Crippen molar-refractivity contribution in [1.82, 2.24) is 0 Å². The Bertz CT molecular complexity index is 2060. The van der Waals surface area contributed by atoms with Gasteiger partial charge in [0, 0.05) is 12.8 Å². The highest BCUT2D eigenvalue weighted by molar-refractivity contribution is 7.47. The fourth-order valence-corrected chi connectivity index (χ4v) is 13.1. The van der Waals surface area contributed by atoms with Crippen molar-refractivity contribution in [2.75, 3.05) is 47.5 Å². The fraction of sp³-hybridized carbons (Fsp3) is 0.778.